The van der Waals surface area contributed by atoms with E-state index in [0.29, 0.717) is 0 Å². The van der Waals surface area contributed by atoms with Crippen molar-refractivity contribution in [3.05, 3.63) is 0 Å². The summed E-state index contributed by atoms with van der Waals surface area (Å²) in [5.74, 6) is 0. The van der Waals surface area contributed by atoms with Gasteiger partial charge >= 0.3 is 36.2 Å². The summed E-state index contributed by atoms with van der Waals surface area (Å²) in [5, 5.41) is 0. The third-order valence-corrected chi connectivity index (χ3v) is 9.61. The van der Waals surface area contributed by atoms with E-state index in [0.717, 1.165) is 0 Å². The van der Waals surface area contributed by atoms with Gasteiger partial charge in [-0.2, -0.15) is 0 Å². The fourth-order valence-corrected chi connectivity index (χ4v) is 8.21. The van der Waals surface area contributed by atoms with Gasteiger partial charge in [0.2, 0.25) is 0 Å². The molecule has 3 fully saturated rings. The van der Waals surface area contributed by atoms with Crippen LogP contribution in [0.15, 0.2) is 0 Å². The minimum Gasteiger partial charge on any atom is -1.00 e. The molecule has 0 aromatic carbocycles. The molecule has 146 valence electrons. The molecule has 0 aliphatic carbocycles. The second-order valence-electron chi connectivity index (χ2n) is 6.12. The molecular weight excluding hydrogens is 398 g/mol. The molecule has 3 aliphatic rings. The smallest absolute Gasteiger partial charge is 1.00 e. The van der Waals surface area contributed by atoms with E-state index in [-0.39, 0.29) is 4.70 Å². The van der Waals surface area contributed by atoms with Crippen LogP contribution in [-0.4, -0.2) is 53.3 Å². The number of rotatable bonds is 3. The van der Waals surface area contributed by atoms with Crippen LogP contribution in [0.4, 0.5) is 21.0 Å². The number of nitrogens with zero attached hydrogens (tertiary/aromatic N) is 3. The first-order valence-electron chi connectivity index (χ1n) is 8.01. The molecule has 0 spiro atoms. The van der Waals surface area contributed by atoms with Crippen LogP contribution in [0.25, 0.3) is 0 Å². The number of halogens is 7. The molecule has 0 N–H and O–H groups in total. The van der Waals surface area contributed by atoms with Gasteiger partial charge in [-0.1, -0.05) is 0 Å². The average molecular weight is 422 g/mol. The van der Waals surface area contributed by atoms with E-state index in [2.05, 4.69) is 14.0 Å². The molecule has 0 atom stereocenters. The molecule has 3 nitrogen and oxygen atoms in total. The fraction of sp³-hybridized carbons (Fsp3) is 1.00. The van der Waals surface area contributed by atoms with Crippen molar-refractivity contribution in [2.24, 2.45) is 0 Å². The largest absolute Gasteiger partial charge is 1.00 e. The molecule has 3 heterocycles. The zero-order valence-corrected chi connectivity index (χ0v) is 15.9. The van der Waals surface area contributed by atoms with Gasteiger partial charge in [0, 0.05) is 39.3 Å². The van der Waals surface area contributed by atoms with E-state index in [1.54, 1.807) is 0 Å². The molecule has 3 saturated heterocycles. The van der Waals surface area contributed by atoms with Crippen LogP contribution in [0.5, 0.6) is 0 Å². The number of hydrogen-bond donors (Lipinski definition) is 0. The summed E-state index contributed by atoms with van der Waals surface area (Å²) in [6.07, 6.45) is 8.06. The Labute approximate surface area is 144 Å². The number of hydrogen-bond acceptors (Lipinski definition) is 3. The van der Waals surface area contributed by atoms with E-state index >= 15 is 0 Å². The molecule has 3 rings (SSSR count). The van der Waals surface area contributed by atoms with Crippen LogP contribution in [-0.2, 0) is 0 Å². The Bertz CT molecular complexity index is 336. The van der Waals surface area contributed by atoms with Gasteiger partial charge in [0.05, 0.1) is 0 Å². The van der Waals surface area contributed by atoms with Crippen molar-refractivity contribution in [2.75, 3.05) is 39.3 Å². The van der Waals surface area contributed by atoms with Crippen LogP contribution >= 0.6 is 26.5 Å². The first-order valence-corrected chi connectivity index (χ1v) is 12.3. The van der Waals surface area contributed by atoms with Gasteiger partial charge in [0.1, 0.15) is 0 Å². The van der Waals surface area contributed by atoms with E-state index < -0.39 is 15.2 Å². The molecule has 3 aliphatic heterocycles. The summed E-state index contributed by atoms with van der Waals surface area (Å²) in [6, 6.07) is 0. The Morgan fingerprint density at radius 3 is 0.917 bits per heavy atom. The first kappa shape index (κ1) is 22.7. The van der Waals surface area contributed by atoms with Gasteiger partial charge < -0.3 is 4.70 Å². The monoisotopic (exact) mass is 421 g/mol. The summed E-state index contributed by atoms with van der Waals surface area (Å²) in [7, 11) is -10.2. The quantitative estimate of drug-likeness (QED) is 0.512. The van der Waals surface area contributed by atoms with Crippen molar-refractivity contribution in [3.63, 3.8) is 0 Å². The Hall–Kier alpha value is 0.610. The minimum atomic E-state index is -8.55. The second-order valence-corrected chi connectivity index (χ2v) is 11.4. The van der Waals surface area contributed by atoms with Crippen LogP contribution in [0, 0.1) is 0 Å². The molecule has 24 heavy (non-hydrogen) atoms. The third-order valence-electron chi connectivity index (χ3n) is 4.33. The van der Waals surface area contributed by atoms with Gasteiger partial charge in [-0.25, -0.2) is 0 Å². The maximum atomic E-state index is 9.84. The maximum absolute atomic E-state index is 9.84. The van der Waals surface area contributed by atoms with E-state index in [1.165, 1.54) is 77.8 Å². The third kappa shape index (κ3) is 6.73. The predicted molar refractivity (Wildman–Crippen MR) is 87.7 cm³/mol. The summed E-state index contributed by atoms with van der Waals surface area (Å²) >= 11 is 7.25. The molecule has 0 amide bonds. The van der Waals surface area contributed by atoms with Crippen molar-refractivity contribution < 1.29 is 25.7 Å². The maximum Gasteiger partial charge on any atom is -1.00 e. The summed E-state index contributed by atoms with van der Waals surface area (Å²) in [4.78, 5) is 0. The normalized spacial score (nSPS) is 25.7. The molecular formula is C12H24ClF6N3P2. The zero-order chi connectivity index (χ0) is 17.2. The molecule has 0 saturated carbocycles. The van der Waals surface area contributed by atoms with Crippen LogP contribution in [0.3, 0.4) is 0 Å². The Morgan fingerprint density at radius 1 is 0.583 bits per heavy atom. The van der Waals surface area contributed by atoms with E-state index in [4.69, 9.17) is 11.2 Å². The van der Waals surface area contributed by atoms with Crippen molar-refractivity contribution in [2.45, 2.75) is 38.5 Å². The SMILES string of the molecule is Cl[P+](N1CCCC1)(N1CCCC1)N1CCCC1.FP(F)(F)(F)F.[F-]. The Balaban J connectivity index is 0.000000359. The second kappa shape index (κ2) is 8.53. The van der Waals surface area contributed by atoms with Crippen LogP contribution < -0.4 is 4.70 Å². The van der Waals surface area contributed by atoms with Gasteiger partial charge in [-0.05, 0) is 38.5 Å². The van der Waals surface area contributed by atoms with Crippen LogP contribution in [0.1, 0.15) is 38.5 Å². The van der Waals surface area contributed by atoms with Gasteiger partial charge in [0.15, 0.2) is 11.2 Å². The summed E-state index contributed by atoms with van der Waals surface area (Å²) in [6.45, 7) is 7.36. The van der Waals surface area contributed by atoms with E-state index in [9.17, 15) is 21.0 Å². The average Bonchev–Trinajstić information content (AvgIpc) is 3.16. The molecule has 0 aromatic rings. The van der Waals surface area contributed by atoms with Gasteiger partial charge in [-0.3, -0.25) is 0 Å². The van der Waals surface area contributed by atoms with Crippen molar-refractivity contribution in [1.82, 2.24) is 14.0 Å². The molecule has 0 bridgehead atoms. The predicted octanol–water partition coefficient (Wildman–Crippen LogP) is 3.16. The molecule has 12 heteroatoms. The summed E-state index contributed by atoms with van der Waals surface area (Å²) < 4.78 is 57.1. The van der Waals surface area contributed by atoms with Crippen molar-refractivity contribution >= 4 is 26.5 Å². The topological polar surface area (TPSA) is 9.72 Å². The van der Waals surface area contributed by atoms with Crippen LogP contribution in [0.2, 0.25) is 0 Å². The first-order chi connectivity index (χ1) is 10.6. The molecule has 0 unspecified atom stereocenters. The van der Waals surface area contributed by atoms with Crippen molar-refractivity contribution in [1.29, 1.82) is 0 Å². The molecule has 0 aromatic heterocycles. The van der Waals surface area contributed by atoms with Gasteiger partial charge in [0.25, 0.3) is 0 Å². The standard InChI is InChI=1S/C12H24ClN3P.F5P.FH/c13-17(14-7-1-2-8-14,15-9-3-4-10-15)16-11-5-6-12-16;1-6(2,3,4)5;/h1-12H2;;1H/q+1;;/p-1. The minimum absolute atomic E-state index is 0. The Morgan fingerprint density at radius 2 is 0.750 bits per heavy atom. The fourth-order valence-electron chi connectivity index (χ4n) is 3.40. The summed E-state index contributed by atoms with van der Waals surface area (Å²) in [5.41, 5.74) is 0. The zero-order valence-electron chi connectivity index (χ0n) is 13.4. The van der Waals surface area contributed by atoms with Gasteiger partial charge in [-0.15, -0.1) is 14.0 Å². The Kier molecular flexibility index (Phi) is 8.05. The van der Waals surface area contributed by atoms with Crippen molar-refractivity contribution in [3.8, 4) is 0 Å². The molecule has 0 radical (unpaired) electrons. The van der Waals surface area contributed by atoms with E-state index in [1.807, 2.05) is 0 Å².